The van der Waals surface area contributed by atoms with Crippen molar-refractivity contribution in [3.63, 3.8) is 0 Å². The second-order valence-corrected chi connectivity index (χ2v) is 14.5. The van der Waals surface area contributed by atoms with Crippen LogP contribution >= 0.6 is 11.8 Å². The Bertz CT molecular complexity index is 1210. The Hall–Kier alpha value is -3.27. The number of pyridine rings is 1. The molecule has 1 fully saturated rings. The molecule has 1 aliphatic heterocycles. The molecular weight excluding hydrogens is 639 g/mol. The molecular formula is C39H59N3O6S. The van der Waals surface area contributed by atoms with E-state index in [1.807, 2.05) is 0 Å². The van der Waals surface area contributed by atoms with Gasteiger partial charge in [-0.2, -0.15) is 0 Å². The molecule has 272 valence electrons. The number of carbonyl (C=O) groups is 3. The van der Waals surface area contributed by atoms with Gasteiger partial charge in [-0.3, -0.25) is 9.78 Å². The molecule has 0 aliphatic carbocycles. The van der Waals surface area contributed by atoms with Gasteiger partial charge in [0, 0.05) is 23.2 Å². The molecule has 3 amide bonds. The number of hydrogen-bond acceptors (Lipinski definition) is 8. The number of hydrogen-bond donors (Lipinski definition) is 1. The summed E-state index contributed by atoms with van der Waals surface area (Å²) >= 11 is 1.62. The predicted molar refractivity (Wildman–Crippen MR) is 197 cm³/mol. The van der Waals surface area contributed by atoms with Crippen molar-refractivity contribution in [3.05, 3.63) is 59.9 Å². The van der Waals surface area contributed by atoms with Crippen LogP contribution in [-0.4, -0.2) is 65.3 Å². The summed E-state index contributed by atoms with van der Waals surface area (Å²) in [5.74, 6) is -0.149. The van der Waals surface area contributed by atoms with E-state index in [1.54, 1.807) is 60.4 Å². The first-order chi connectivity index (χ1) is 24.0. The van der Waals surface area contributed by atoms with E-state index < -0.39 is 12.0 Å². The fourth-order valence-electron chi connectivity index (χ4n) is 5.93. The molecule has 0 bridgehead atoms. The van der Waals surface area contributed by atoms with E-state index in [1.165, 1.54) is 97.0 Å². The number of para-hydroxylation sites is 1. The van der Waals surface area contributed by atoms with Gasteiger partial charge in [-0.05, 0) is 37.1 Å². The van der Waals surface area contributed by atoms with Crippen molar-refractivity contribution in [3.8, 4) is 5.75 Å². The standard InChI is InChI=1S/C39H59N3O6S/c1-3-4-5-6-7-8-9-10-11-12-13-14-15-16-17-21-27-41-38(44)47-30-33-28-34(49-33)31-48-39(45)42(29-32-23-20-22-26-40-32)37(43)35-24-18-19-25-36(35)46-2/h18-20,22-26,33-34H,3-17,21,27-31H2,1-2H3,(H,41,44)/t33-,34-/m0/s1. The highest BCUT2D eigenvalue weighted by molar-refractivity contribution is 8.01. The van der Waals surface area contributed by atoms with E-state index in [0.717, 1.165) is 24.2 Å². The number of thioether (sulfide) groups is 1. The van der Waals surface area contributed by atoms with Gasteiger partial charge in [-0.25, -0.2) is 14.5 Å². The highest BCUT2D eigenvalue weighted by Gasteiger charge is 2.34. The lowest BCUT2D eigenvalue weighted by Crippen LogP contribution is -2.40. The molecule has 1 aromatic carbocycles. The third-order valence-corrected chi connectivity index (χ3v) is 10.3. The van der Waals surface area contributed by atoms with Crippen molar-refractivity contribution >= 4 is 29.9 Å². The van der Waals surface area contributed by atoms with E-state index in [-0.39, 0.29) is 35.3 Å². The summed E-state index contributed by atoms with van der Waals surface area (Å²) < 4.78 is 16.3. The van der Waals surface area contributed by atoms with E-state index >= 15 is 0 Å². The summed E-state index contributed by atoms with van der Waals surface area (Å²) in [4.78, 5) is 44.0. The lowest BCUT2D eigenvalue weighted by atomic mass is 10.0. The monoisotopic (exact) mass is 697 g/mol. The second-order valence-electron chi connectivity index (χ2n) is 12.9. The number of unbranched alkanes of at least 4 members (excludes halogenated alkanes) is 15. The lowest BCUT2D eigenvalue weighted by Gasteiger charge is -2.34. The highest BCUT2D eigenvalue weighted by atomic mass is 32.2. The third-order valence-electron chi connectivity index (χ3n) is 8.85. The number of amides is 3. The summed E-state index contributed by atoms with van der Waals surface area (Å²) in [6, 6.07) is 12.1. The van der Waals surface area contributed by atoms with Gasteiger partial charge in [-0.15, -0.1) is 11.8 Å². The molecule has 1 aliphatic rings. The number of ether oxygens (including phenoxy) is 3. The van der Waals surface area contributed by atoms with Gasteiger partial charge in [0.05, 0.1) is 24.9 Å². The predicted octanol–water partition coefficient (Wildman–Crippen LogP) is 9.73. The summed E-state index contributed by atoms with van der Waals surface area (Å²) in [7, 11) is 1.48. The average Bonchev–Trinajstić information content (AvgIpc) is 3.11. The van der Waals surface area contributed by atoms with Crippen LogP contribution in [0.2, 0.25) is 0 Å². The first-order valence-corrected chi connectivity index (χ1v) is 19.5. The molecule has 2 atom stereocenters. The van der Waals surface area contributed by atoms with Crippen LogP contribution in [0.25, 0.3) is 0 Å². The minimum Gasteiger partial charge on any atom is -0.496 e. The fraction of sp³-hybridized carbons (Fsp3) is 0.641. The van der Waals surface area contributed by atoms with Crippen LogP contribution in [0.15, 0.2) is 48.7 Å². The van der Waals surface area contributed by atoms with Crippen molar-refractivity contribution in [1.82, 2.24) is 15.2 Å². The molecule has 0 saturated carbocycles. The maximum absolute atomic E-state index is 13.4. The van der Waals surface area contributed by atoms with Crippen LogP contribution in [0.5, 0.6) is 5.75 Å². The van der Waals surface area contributed by atoms with Crippen LogP contribution in [0.1, 0.15) is 132 Å². The van der Waals surface area contributed by atoms with Crippen LogP contribution in [0.4, 0.5) is 9.59 Å². The van der Waals surface area contributed by atoms with Gasteiger partial charge < -0.3 is 19.5 Å². The Morgan fingerprint density at radius 3 is 1.90 bits per heavy atom. The number of aromatic nitrogens is 1. The normalized spacial score (nSPS) is 15.2. The number of benzene rings is 1. The molecule has 49 heavy (non-hydrogen) atoms. The smallest absolute Gasteiger partial charge is 0.417 e. The number of carbonyl (C=O) groups excluding carboxylic acids is 3. The minimum absolute atomic E-state index is 0.0284. The summed E-state index contributed by atoms with van der Waals surface area (Å²) in [5, 5.41) is 3.09. The number of nitrogens with one attached hydrogen (secondary N) is 1. The molecule has 2 aromatic rings. The van der Waals surface area contributed by atoms with Crippen molar-refractivity contribution in [1.29, 1.82) is 0 Å². The summed E-state index contributed by atoms with van der Waals surface area (Å²) in [6.45, 7) is 3.35. The minimum atomic E-state index is -0.740. The number of methoxy groups -OCH3 is 1. The average molecular weight is 698 g/mol. The number of imide groups is 1. The largest absolute Gasteiger partial charge is 0.496 e. The quantitative estimate of drug-likeness (QED) is 0.102. The van der Waals surface area contributed by atoms with Crippen LogP contribution in [-0.2, 0) is 16.0 Å². The summed E-state index contributed by atoms with van der Waals surface area (Å²) in [6.07, 6.45) is 22.4. The summed E-state index contributed by atoms with van der Waals surface area (Å²) in [5.41, 5.74) is 0.826. The van der Waals surface area contributed by atoms with Crippen molar-refractivity contribution in [2.24, 2.45) is 0 Å². The Morgan fingerprint density at radius 1 is 0.776 bits per heavy atom. The number of nitrogens with zero attached hydrogens (tertiary/aromatic N) is 2. The zero-order valence-electron chi connectivity index (χ0n) is 29.9. The van der Waals surface area contributed by atoms with Crippen molar-refractivity contribution in [2.75, 3.05) is 26.9 Å². The highest BCUT2D eigenvalue weighted by Crippen LogP contribution is 2.37. The van der Waals surface area contributed by atoms with Gasteiger partial charge in [0.1, 0.15) is 19.0 Å². The van der Waals surface area contributed by atoms with Gasteiger partial charge in [0.25, 0.3) is 5.91 Å². The molecule has 1 N–H and O–H groups in total. The molecule has 0 unspecified atom stereocenters. The first kappa shape index (κ1) is 40.2. The third kappa shape index (κ3) is 16.3. The topological polar surface area (TPSA) is 107 Å². The lowest BCUT2D eigenvalue weighted by molar-refractivity contribution is 0.0635. The Labute approximate surface area is 298 Å². The maximum Gasteiger partial charge on any atom is 0.417 e. The zero-order chi connectivity index (χ0) is 34.9. The SMILES string of the molecule is CCCCCCCCCCCCCCCCCCNC(=O)OC[C@@H]1C[C@@H](COC(=O)N(Cc2ccccn2)C(=O)c2ccccc2OC)S1. The molecule has 10 heteroatoms. The van der Waals surface area contributed by atoms with Gasteiger partial charge in [0.2, 0.25) is 0 Å². The van der Waals surface area contributed by atoms with Gasteiger partial charge >= 0.3 is 12.2 Å². The van der Waals surface area contributed by atoms with E-state index in [2.05, 4.69) is 17.2 Å². The van der Waals surface area contributed by atoms with Crippen molar-refractivity contribution in [2.45, 2.75) is 133 Å². The first-order valence-electron chi connectivity index (χ1n) is 18.6. The number of rotatable bonds is 25. The van der Waals surface area contributed by atoms with Gasteiger partial charge in [0.15, 0.2) is 0 Å². The Morgan fingerprint density at radius 2 is 1.33 bits per heavy atom. The fourth-order valence-corrected chi connectivity index (χ4v) is 7.10. The molecule has 9 nitrogen and oxygen atoms in total. The van der Waals surface area contributed by atoms with Gasteiger partial charge in [-0.1, -0.05) is 121 Å². The Balaban J connectivity index is 1.19. The molecule has 0 spiro atoms. The van der Waals surface area contributed by atoms with E-state index in [4.69, 9.17) is 14.2 Å². The van der Waals surface area contributed by atoms with Crippen LogP contribution in [0.3, 0.4) is 0 Å². The zero-order valence-corrected chi connectivity index (χ0v) is 30.7. The molecule has 0 radical (unpaired) electrons. The Kier molecular flexibility index (Phi) is 20.3. The second kappa shape index (κ2) is 24.8. The number of alkyl carbamates (subject to hydrolysis) is 1. The van der Waals surface area contributed by atoms with Crippen LogP contribution in [0, 0.1) is 0 Å². The molecule has 1 saturated heterocycles. The maximum atomic E-state index is 13.4. The van der Waals surface area contributed by atoms with Crippen LogP contribution < -0.4 is 10.1 Å². The molecule has 2 heterocycles. The van der Waals surface area contributed by atoms with E-state index in [9.17, 15) is 14.4 Å². The van der Waals surface area contributed by atoms with E-state index in [0.29, 0.717) is 24.6 Å². The molecule has 1 aromatic heterocycles. The van der Waals surface area contributed by atoms with Crippen molar-refractivity contribution < 1.29 is 28.6 Å². The molecule has 3 rings (SSSR count).